The number of esters is 1. The Labute approximate surface area is 166 Å². The summed E-state index contributed by atoms with van der Waals surface area (Å²) in [6.07, 6.45) is 0.0259. The van der Waals surface area contributed by atoms with E-state index in [9.17, 15) is 18.8 Å². The van der Waals surface area contributed by atoms with Crippen LogP contribution in [0.4, 0.5) is 15.8 Å². The third-order valence-electron chi connectivity index (χ3n) is 4.35. The van der Waals surface area contributed by atoms with Gasteiger partial charge in [0.05, 0.1) is 16.6 Å². The molecule has 3 rings (SSSR count). The first-order chi connectivity index (χ1) is 13.3. The van der Waals surface area contributed by atoms with Crippen molar-refractivity contribution in [1.82, 2.24) is 0 Å². The topological polar surface area (TPSA) is 75.7 Å². The molecule has 1 aliphatic heterocycles. The molecule has 0 spiro atoms. The number of rotatable bonds is 5. The summed E-state index contributed by atoms with van der Waals surface area (Å²) in [6, 6.07) is 10.9. The third-order valence-corrected chi connectivity index (χ3v) is 4.67. The maximum absolute atomic E-state index is 13.0. The summed E-state index contributed by atoms with van der Waals surface area (Å²) in [5, 5.41) is 2.48. The smallest absolute Gasteiger partial charge is 0.311 e. The van der Waals surface area contributed by atoms with Crippen LogP contribution in [0.25, 0.3) is 0 Å². The number of anilines is 2. The van der Waals surface area contributed by atoms with E-state index in [1.54, 1.807) is 0 Å². The molecule has 1 fully saturated rings. The van der Waals surface area contributed by atoms with Crippen molar-refractivity contribution in [2.24, 2.45) is 5.92 Å². The predicted molar refractivity (Wildman–Crippen MR) is 103 cm³/mol. The van der Waals surface area contributed by atoms with Crippen molar-refractivity contribution < 1.29 is 23.5 Å². The molecule has 6 nitrogen and oxygen atoms in total. The Morgan fingerprint density at radius 2 is 1.96 bits per heavy atom. The van der Waals surface area contributed by atoms with Gasteiger partial charge in [0.15, 0.2) is 6.61 Å². The molecule has 8 heteroatoms. The highest BCUT2D eigenvalue weighted by Gasteiger charge is 2.36. The highest BCUT2D eigenvalue weighted by atomic mass is 35.5. The molecule has 0 saturated carbocycles. The highest BCUT2D eigenvalue weighted by molar-refractivity contribution is 6.33. The van der Waals surface area contributed by atoms with Gasteiger partial charge in [0.2, 0.25) is 5.91 Å². The molecule has 146 valence electrons. The SMILES string of the molecule is Cc1ccc(N2C[C@@H](C(=O)OCC(=O)Nc3ccc(F)cc3Cl)CC2=O)cc1. The van der Waals surface area contributed by atoms with Gasteiger partial charge < -0.3 is 15.0 Å². The lowest BCUT2D eigenvalue weighted by Crippen LogP contribution is -2.28. The summed E-state index contributed by atoms with van der Waals surface area (Å²) in [4.78, 5) is 37.9. The van der Waals surface area contributed by atoms with Crippen LogP contribution in [0.3, 0.4) is 0 Å². The van der Waals surface area contributed by atoms with Crippen molar-refractivity contribution in [1.29, 1.82) is 0 Å². The molecule has 1 N–H and O–H groups in total. The maximum atomic E-state index is 13.0. The normalized spacial score (nSPS) is 16.2. The van der Waals surface area contributed by atoms with E-state index in [0.29, 0.717) is 0 Å². The van der Waals surface area contributed by atoms with Crippen molar-refractivity contribution in [3.63, 3.8) is 0 Å². The number of carbonyl (C=O) groups is 3. The molecule has 1 atom stereocenters. The van der Waals surface area contributed by atoms with Crippen LogP contribution in [0.2, 0.25) is 5.02 Å². The Kier molecular flexibility index (Phi) is 5.94. The molecular formula is C20H18ClFN2O4. The highest BCUT2D eigenvalue weighted by Crippen LogP contribution is 2.26. The summed E-state index contributed by atoms with van der Waals surface area (Å²) < 4.78 is 18.0. The maximum Gasteiger partial charge on any atom is 0.311 e. The minimum atomic E-state index is -0.643. The molecule has 0 bridgehead atoms. The zero-order chi connectivity index (χ0) is 20.3. The summed E-state index contributed by atoms with van der Waals surface area (Å²) >= 11 is 5.83. The van der Waals surface area contributed by atoms with Gasteiger partial charge in [-0.1, -0.05) is 29.3 Å². The number of nitrogens with one attached hydrogen (secondary N) is 1. The molecular weight excluding hydrogens is 387 g/mol. The first-order valence-electron chi connectivity index (χ1n) is 8.62. The zero-order valence-electron chi connectivity index (χ0n) is 15.1. The van der Waals surface area contributed by atoms with E-state index in [-0.39, 0.29) is 29.6 Å². The molecule has 0 aromatic heterocycles. The molecule has 0 unspecified atom stereocenters. The van der Waals surface area contributed by atoms with E-state index in [1.807, 2.05) is 31.2 Å². The fourth-order valence-electron chi connectivity index (χ4n) is 2.87. The lowest BCUT2D eigenvalue weighted by atomic mass is 10.1. The minimum Gasteiger partial charge on any atom is -0.455 e. The number of amides is 2. The van der Waals surface area contributed by atoms with Crippen LogP contribution < -0.4 is 10.2 Å². The molecule has 2 aromatic carbocycles. The number of hydrogen-bond acceptors (Lipinski definition) is 4. The first-order valence-corrected chi connectivity index (χ1v) is 9.00. The minimum absolute atomic E-state index is 0.0259. The van der Waals surface area contributed by atoms with Crippen LogP contribution >= 0.6 is 11.6 Å². The van der Waals surface area contributed by atoms with Gasteiger partial charge in [0.25, 0.3) is 5.91 Å². The standard InChI is InChI=1S/C20H18ClFN2O4/c1-12-2-5-15(6-3-12)24-10-13(8-19(24)26)20(27)28-11-18(25)23-17-7-4-14(22)9-16(17)21/h2-7,9,13H,8,10-11H2,1H3,(H,23,25)/t13-/m0/s1. The quantitative estimate of drug-likeness (QED) is 0.776. The van der Waals surface area contributed by atoms with Crippen LogP contribution in [0.5, 0.6) is 0 Å². The molecule has 0 aliphatic carbocycles. The van der Waals surface area contributed by atoms with Crippen molar-refractivity contribution in [3.05, 3.63) is 58.9 Å². The number of aryl methyl sites for hydroxylation is 1. The molecule has 2 amide bonds. The van der Waals surface area contributed by atoms with Crippen LogP contribution in [0.15, 0.2) is 42.5 Å². The monoisotopic (exact) mass is 404 g/mol. The number of benzene rings is 2. The summed E-state index contributed by atoms with van der Waals surface area (Å²) in [7, 11) is 0. The second-order valence-electron chi connectivity index (χ2n) is 6.52. The van der Waals surface area contributed by atoms with E-state index in [0.717, 1.165) is 23.4 Å². The van der Waals surface area contributed by atoms with Gasteiger partial charge in [-0.3, -0.25) is 14.4 Å². The van der Waals surface area contributed by atoms with Gasteiger partial charge >= 0.3 is 5.97 Å². The predicted octanol–water partition coefficient (Wildman–Crippen LogP) is 3.32. The van der Waals surface area contributed by atoms with E-state index in [4.69, 9.17) is 16.3 Å². The van der Waals surface area contributed by atoms with Gasteiger partial charge in [0.1, 0.15) is 5.82 Å². The van der Waals surface area contributed by atoms with E-state index < -0.39 is 30.2 Å². The third kappa shape index (κ3) is 4.67. The fraction of sp³-hybridized carbons (Fsp3) is 0.250. The number of hydrogen-bond donors (Lipinski definition) is 1. The average Bonchev–Trinajstić information content (AvgIpc) is 3.04. The lowest BCUT2D eigenvalue weighted by molar-refractivity contribution is -0.151. The fourth-order valence-corrected chi connectivity index (χ4v) is 3.09. The Morgan fingerprint density at radius 1 is 1.25 bits per heavy atom. The van der Waals surface area contributed by atoms with Gasteiger partial charge in [0, 0.05) is 18.7 Å². The number of carbonyl (C=O) groups excluding carboxylic acids is 3. The molecule has 1 aliphatic rings. The molecule has 28 heavy (non-hydrogen) atoms. The molecule has 1 saturated heterocycles. The largest absolute Gasteiger partial charge is 0.455 e. The van der Waals surface area contributed by atoms with Gasteiger partial charge in [-0.15, -0.1) is 0 Å². The average molecular weight is 405 g/mol. The van der Waals surface area contributed by atoms with Crippen molar-refractivity contribution in [2.75, 3.05) is 23.4 Å². The van der Waals surface area contributed by atoms with Gasteiger partial charge in [-0.25, -0.2) is 4.39 Å². The zero-order valence-corrected chi connectivity index (χ0v) is 15.8. The van der Waals surface area contributed by atoms with Crippen molar-refractivity contribution in [3.8, 4) is 0 Å². The van der Waals surface area contributed by atoms with Crippen molar-refractivity contribution >= 4 is 40.8 Å². The van der Waals surface area contributed by atoms with Crippen LogP contribution in [0.1, 0.15) is 12.0 Å². The number of halogens is 2. The van der Waals surface area contributed by atoms with Crippen LogP contribution in [0, 0.1) is 18.7 Å². The Hall–Kier alpha value is -2.93. The van der Waals surface area contributed by atoms with Gasteiger partial charge in [-0.05, 0) is 37.3 Å². The molecule has 1 heterocycles. The summed E-state index contributed by atoms with van der Waals surface area (Å²) in [6.45, 7) is 1.62. The van der Waals surface area contributed by atoms with E-state index in [1.165, 1.54) is 11.0 Å². The number of ether oxygens (including phenoxy) is 1. The van der Waals surface area contributed by atoms with E-state index >= 15 is 0 Å². The van der Waals surface area contributed by atoms with Crippen LogP contribution in [-0.2, 0) is 19.1 Å². The Bertz CT molecular complexity index is 917. The second kappa shape index (κ2) is 8.39. The Morgan fingerprint density at radius 3 is 2.64 bits per heavy atom. The summed E-state index contributed by atoms with van der Waals surface area (Å²) in [5.41, 5.74) is 2.00. The molecule has 0 radical (unpaired) electrons. The first kappa shape index (κ1) is 19.8. The molecule has 2 aromatic rings. The van der Waals surface area contributed by atoms with Crippen molar-refractivity contribution in [2.45, 2.75) is 13.3 Å². The second-order valence-corrected chi connectivity index (χ2v) is 6.93. The van der Waals surface area contributed by atoms with Gasteiger partial charge in [-0.2, -0.15) is 0 Å². The number of nitrogens with zero attached hydrogens (tertiary/aromatic N) is 1. The van der Waals surface area contributed by atoms with E-state index in [2.05, 4.69) is 5.32 Å². The lowest BCUT2D eigenvalue weighted by Gasteiger charge is -2.16. The van der Waals surface area contributed by atoms with Crippen LogP contribution in [-0.4, -0.2) is 30.9 Å². The summed E-state index contributed by atoms with van der Waals surface area (Å²) in [5.74, 6) is -2.58. The Balaban J connectivity index is 1.53.